The van der Waals surface area contributed by atoms with Gasteiger partial charge >= 0.3 is 0 Å². The third-order valence-corrected chi connectivity index (χ3v) is 5.04. The van der Waals surface area contributed by atoms with Crippen molar-refractivity contribution in [1.29, 1.82) is 0 Å². The summed E-state index contributed by atoms with van der Waals surface area (Å²) in [5.41, 5.74) is 2.36. The average molecular weight is 368 g/mol. The summed E-state index contributed by atoms with van der Waals surface area (Å²) in [6.45, 7) is 0.424. The van der Waals surface area contributed by atoms with E-state index in [0.29, 0.717) is 23.1 Å². The molecule has 0 N–H and O–H groups in total. The quantitative estimate of drug-likeness (QED) is 0.746. The standard InChI is InChI=1S/C21H18ClNO3/c22-17-6-4-14(5-7-17)13-26-19-10-8-18(9-11-19)23-20(24)15-2-1-3-16(12-15)21(23)25/h4-12,15H,1-3,13H2. The number of amides is 2. The third-order valence-electron chi connectivity index (χ3n) is 4.79. The van der Waals surface area contributed by atoms with Crippen molar-refractivity contribution >= 4 is 29.1 Å². The van der Waals surface area contributed by atoms with Crippen LogP contribution in [-0.2, 0) is 16.2 Å². The van der Waals surface area contributed by atoms with Gasteiger partial charge in [-0.05, 0) is 61.2 Å². The normalized spacial score (nSPS) is 19.3. The minimum absolute atomic E-state index is 0.131. The molecule has 0 saturated carbocycles. The van der Waals surface area contributed by atoms with Crippen molar-refractivity contribution in [2.75, 3.05) is 4.90 Å². The molecule has 0 radical (unpaired) electrons. The largest absolute Gasteiger partial charge is 0.489 e. The fourth-order valence-electron chi connectivity index (χ4n) is 3.39. The summed E-state index contributed by atoms with van der Waals surface area (Å²) >= 11 is 5.87. The molecule has 1 aliphatic carbocycles. The molecule has 1 atom stereocenters. The number of hydrogen-bond donors (Lipinski definition) is 0. The molecule has 26 heavy (non-hydrogen) atoms. The predicted octanol–water partition coefficient (Wildman–Crippen LogP) is 4.52. The van der Waals surface area contributed by atoms with Gasteiger partial charge in [0, 0.05) is 10.6 Å². The van der Waals surface area contributed by atoms with Crippen molar-refractivity contribution in [3.8, 4) is 5.75 Å². The van der Waals surface area contributed by atoms with Crippen LogP contribution in [0.2, 0.25) is 5.02 Å². The van der Waals surface area contributed by atoms with Gasteiger partial charge in [-0.2, -0.15) is 0 Å². The maximum Gasteiger partial charge on any atom is 0.260 e. The fraction of sp³-hybridized carbons (Fsp3) is 0.238. The Hall–Kier alpha value is -2.59. The monoisotopic (exact) mass is 367 g/mol. The van der Waals surface area contributed by atoms with Gasteiger partial charge < -0.3 is 4.74 Å². The highest BCUT2D eigenvalue weighted by Gasteiger charge is 2.37. The molecule has 1 unspecified atom stereocenters. The maximum absolute atomic E-state index is 12.6. The van der Waals surface area contributed by atoms with Crippen LogP contribution in [0, 0.1) is 5.92 Å². The number of imide groups is 1. The Bertz CT molecular complexity index is 871. The van der Waals surface area contributed by atoms with E-state index in [-0.39, 0.29) is 17.7 Å². The Morgan fingerprint density at radius 1 is 1.04 bits per heavy atom. The van der Waals surface area contributed by atoms with Crippen LogP contribution in [-0.4, -0.2) is 11.8 Å². The number of halogens is 1. The van der Waals surface area contributed by atoms with Gasteiger partial charge in [-0.3, -0.25) is 9.59 Å². The predicted molar refractivity (Wildman–Crippen MR) is 100 cm³/mol. The minimum Gasteiger partial charge on any atom is -0.489 e. The first kappa shape index (κ1) is 16.9. The smallest absolute Gasteiger partial charge is 0.260 e. The number of hydrogen-bond acceptors (Lipinski definition) is 3. The number of benzene rings is 2. The summed E-state index contributed by atoms with van der Waals surface area (Å²) in [6.07, 6.45) is 4.31. The van der Waals surface area contributed by atoms with Gasteiger partial charge in [0.15, 0.2) is 0 Å². The van der Waals surface area contributed by atoms with Crippen LogP contribution in [0.4, 0.5) is 5.69 Å². The minimum atomic E-state index is -0.194. The first-order valence-corrected chi connectivity index (χ1v) is 9.06. The van der Waals surface area contributed by atoms with Gasteiger partial charge in [0.05, 0.1) is 11.6 Å². The molecule has 2 aromatic carbocycles. The molecule has 0 spiro atoms. The van der Waals surface area contributed by atoms with E-state index in [2.05, 4.69) is 0 Å². The van der Waals surface area contributed by atoms with Gasteiger partial charge in [0.25, 0.3) is 5.91 Å². The number of ether oxygens (including phenoxy) is 1. The Kier molecular flexibility index (Phi) is 4.51. The topological polar surface area (TPSA) is 46.6 Å². The number of rotatable bonds is 4. The van der Waals surface area contributed by atoms with Gasteiger partial charge in [-0.25, -0.2) is 4.90 Å². The summed E-state index contributed by atoms with van der Waals surface area (Å²) in [7, 11) is 0. The molecule has 0 aromatic heterocycles. The second kappa shape index (κ2) is 6.96. The molecule has 2 bridgehead atoms. The van der Waals surface area contributed by atoms with E-state index < -0.39 is 0 Å². The van der Waals surface area contributed by atoms with E-state index in [9.17, 15) is 9.59 Å². The lowest BCUT2D eigenvalue weighted by molar-refractivity contribution is -0.128. The van der Waals surface area contributed by atoms with E-state index in [4.69, 9.17) is 16.3 Å². The van der Waals surface area contributed by atoms with E-state index in [1.165, 1.54) is 4.90 Å². The molecule has 5 heteroatoms. The van der Waals surface area contributed by atoms with Crippen LogP contribution < -0.4 is 9.64 Å². The number of anilines is 1. The Labute approximate surface area is 157 Å². The van der Waals surface area contributed by atoms with Crippen LogP contribution >= 0.6 is 11.6 Å². The molecule has 0 fully saturated rings. The highest BCUT2D eigenvalue weighted by Crippen LogP contribution is 2.34. The van der Waals surface area contributed by atoms with Crippen molar-refractivity contribution in [3.05, 3.63) is 70.8 Å². The summed E-state index contributed by atoms with van der Waals surface area (Å²) in [5.74, 6) is 0.186. The van der Waals surface area contributed by atoms with Crippen LogP contribution in [0.15, 0.2) is 60.2 Å². The second-order valence-corrected chi connectivity index (χ2v) is 7.01. The van der Waals surface area contributed by atoms with E-state index >= 15 is 0 Å². The van der Waals surface area contributed by atoms with Crippen molar-refractivity contribution in [2.24, 2.45) is 5.92 Å². The first-order valence-electron chi connectivity index (χ1n) is 8.68. The Morgan fingerprint density at radius 2 is 1.77 bits per heavy atom. The molecule has 2 amide bonds. The van der Waals surface area contributed by atoms with Crippen LogP contribution in [0.25, 0.3) is 0 Å². The van der Waals surface area contributed by atoms with Crippen LogP contribution in [0.5, 0.6) is 5.75 Å². The van der Waals surface area contributed by atoms with Crippen molar-refractivity contribution in [1.82, 2.24) is 0 Å². The molecule has 4 rings (SSSR count). The molecule has 132 valence electrons. The van der Waals surface area contributed by atoms with Crippen LogP contribution in [0.3, 0.4) is 0 Å². The lowest BCUT2D eigenvalue weighted by Crippen LogP contribution is -2.46. The summed E-state index contributed by atoms with van der Waals surface area (Å²) in [5, 5.41) is 0.689. The number of carbonyl (C=O) groups excluding carboxylic acids is 2. The zero-order chi connectivity index (χ0) is 18.1. The lowest BCUT2D eigenvalue weighted by atomic mass is 9.85. The molecule has 4 nitrogen and oxygen atoms in total. The molecule has 0 saturated heterocycles. The van der Waals surface area contributed by atoms with Gasteiger partial charge in [-0.1, -0.05) is 29.8 Å². The average Bonchev–Trinajstić information content (AvgIpc) is 2.68. The number of carbonyl (C=O) groups is 2. The van der Waals surface area contributed by atoms with E-state index in [1.807, 2.05) is 30.3 Å². The van der Waals surface area contributed by atoms with E-state index in [1.54, 1.807) is 24.3 Å². The molecular formula is C21H18ClNO3. The summed E-state index contributed by atoms with van der Waals surface area (Å²) in [4.78, 5) is 26.5. The molecule has 1 aliphatic heterocycles. The summed E-state index contributed by atoms with van der Waals surface area (Å²) in [6, 6.07) is 14.5. The second-order valence-electron chi connectivity index (χ2n) is 6.58. The third kappa shape index (κ3) is 3.25. The first-order chi connectivity index (χ1) is 12.6. The van der Waals surface area contributed by atoms with Crippen LogP contribution in [0.1, 0.15) is 24.8 Å². The lowest BCUT2D eigenvalue weighted by Gasteiger charge is -2.33. The highest BCUT2D eigenvalue weighted by molar-refractivity contribution is 6.30. The van der Waals surface area contributed by atoms with Crippen molar-refractivity contribution in [2.45, 2.75) is 25.9 Å². The zero-order valence-corrected chi connectivity index (χ0v) is 14.9. The van der Waals surface area contributed by atoms with Crippen molar-refractivity contribution in [3.63, 3.8) is 0 Å². The molecular weight excluding hydrogens is 350 g/mol. The molecule has 1 heterocycles. The van der Waals surface area contributed by atoms with Gasteiger partial charge in [-0.15, -0.1) is 0 Å². The SMILES string of the molecule is O=C1C2=CC(CCC2)C(=O)N1c1ccc(OCc2ccc(Cl)cc2)cc1. The summed E-state index contributed by atoms with van der Waals surface area (Å²) < 4.78 is 5.76. The van der Waals surface area contributed by atoms with E-state index in [0.717, 1.165) is 30.4 Å². The number of fused-ring (bicyclic) bond motifs is 1. The molecule has 2 aromatic rings. The highest BCUT2D eigenvalue weighted by atomic mass is 35.5. The maximum atomic E-state index is 12.6. The Morgan fingerprint density at radius 3 is 2.50 bits per heavy atom. The molecule has 2 aliphatic rings. The van der Waals surface area contributed by atoms with Gasteiger partial charge in [0.1, 0.15) is 12.4 Å². The zero-order valence-electron chi connectivity index (χ0n) is 14.2. The van der Waals surface area contributed by atoms with Gasteiger partial charge in [0.2, 0.25) is 5.91 Å². The Balaban J connectivity index is 1.47. The number of nitrogens with zero attached hydrogens (tertiary/aromatic N) is 1. The van der Waals surface area contributed by atoms with Crippen molar-refractivity contribution < 1.29 is 14.3 Å². The fourth-order valence-corrected chi connectivity index (χ4v) is 3.51.